The second kappa shape index (κ2) is 8.46. The summed E-state index contributed by atoms with van der Waals surface area (Å²) in [5.74, 6) is 0.873. The van der Waals surface area contributed by atoms with Crippen molar-refractivity contribution in [2.45, 2.75) is 12.5 Å². The first kappa shape index (κ1) is 19.9. The molecule has 1 unspecified atom stereocenters. The highest BCUT2D eigenvalue weighted by Gasteiger charge is 2.32. The Morgan fingerprint density at radius 1 is 1.17 bits per heavy atom. The van der Waals surface area contributed by atoms with Crippen LogP contribution in [-0.2, 0) is 4.79 Å². The van der Waals surface area contributed by atoms with Crippen LogP contribution >= 0.6 is 0 Å². The van der Waals surface area contributed by atoms with Crippen molar-refractivity contribution in [1.29, 1.82) is 0 Å². The van der Waals surface area contributed by atoms with Crippen LogP contribution < -0.4 is 25.0 Å². The second-order valence-corrected chi connectivity index (χ2v) is 6.32. The van der Waals surface area contributed by atoms with E-state index in [1.54, 1.807) is 24.3 Å². The molecular weight excluding hydrogens is 380 g/mol. The summed E-state index contributed by atoms with van der Waals surface area (Å²) in [5, 5.41) is 16.2. The average Bonchev–Trinajstić information content (AvgIpc) is 3.07. The van der Waals surface area contributed by atoms with Crippen molar-refractivity contribution < 1.29 is 24.0 Å². The van der Waals surface area contributed by atoms with Crippen LogP contribution in [0.1, 0.15) is 6.42 Å². The highest BCUT2D eigenvalue weighted by molar-refractivity contribution is 5.98. The molecule has 1 aliphatic heterocycles. The number of nitro benzene ring substituents is 1. The van der Waals surface area contributed by atoms with Crippen LogP contribution in [0.2, 0.25) is 0 Å². The molecule has 0 aromatic heterocycles. The van der Waals surface area contributed by atoms with Crippen LogP contribution in [0, 0.1) is 10.1 Å². The zero-order valence-electron chi connectivity index (χ0n) is 15.9. The van der Waals surface area contributed by atoms with Crippen molar-refractivity contribution >= 4 is 29.0 Å². The fourth-order valence-electron chi connectivity index (χ4n) is 3.13. The molecule has 3 rings (SSSR count). The maximum absolute atomic E-state index is 12.4. The first-order chi connectivity index (χ1) is 13.9. The van der Waals surface area contributed by atoms with Crippen molar-refractivity contribution in [3.05, 3.63) is 52.6 Å². The van der Waals surface area contributed by atoms with Gasteiger partial charge in [0.1, 0.15) is 5.69 Å². The van der Waals surface area contributed by atoms with E-state index in [4.69, 9.17) is 9.47 Å². The second-order valence-electron chi connectivity index (χ2n) is 6.32. The summed E-state index contributed by atoms with van der Waals surface area (Å²) in [5.41, 5.74) is 0.490. The normalized spacial score (nSPS) is 15.7. The summed E-state index contributed by atoms with van der Waals surface area (Å²) < 4.78 is 10.5. The minimum Gasteiger partial charge on any atom is -0.493 e. The number of carbonyl (C=O) groups is 2. The highest BCUT2D eigenvalue weighted by atomic mass is 16.6. The maximum Gasteiger partial charge on any atom is 0.319 e. The Labute approximate surface area is 166 Å². The zero-order chi connectivity index (χ0) is 21.0. The number of hydrogen-bond donors (Lipinski definition) is 2. The highest BCUT2D eigenvalue weighted by Crippen LogP contribution is 2.33. The van der Waals surface area contributed by atoms with Gasteiger partial charge in [-0.3, -0.25) is 14.9 Å². The van der Waals surface area contributed by atoms with Gasteiger partial charge in [0.25, 0.3) is 5.69 Å². The fraction of sp³-hybridized carbons (Fsp3) is 0.263. The summed E-state index contributed by atoms with van der Waals surface area (Å²) in [7, 11) is 3.03. The lowest BCUT2D eigenvalue weighted by Crippen LogP contribution is -2.39. The van der Waals surface area contributed by atoms with Gasteiger partial charge < -0.3 is 25.0 Å². The zero-order valence-corrected chi connectivity index (χ0v) is 15.9. The topological polar surface area (TPSA) is 123 Å². The van der Waals surface area contributed by atoms with Gasteiger partial charge in [0.2, 0.25) is 5.91 Å². The number of urea groups is 1. The van der Waals surface area contributed by atoms with Gasteiger partial charge in [0, 0.05) is 30.8 Å². The third kappa shape index (κ3) is 4.37. The molecule has 2 aromatic carbocycles. The molecule has 3 amide bonds. The largest absolute Gasteiger partial charge is 0.493 e. The van der Waals surface area contributed by atoms with E-state index in [-0.39, 0.29) is 30.2 Å². The summed E-state index contributed by atoms with van der Waals surface area (Å²) in [4.78, 5) is 36.7. The Hall–Kier alpha value is -3.82. The van der Waals surface area contributed by atoms with E-state index in [0.29, 0.717) is 17.2 Å². The monoisotopic (exact) mass is 400 g/mol. The molecule has 152 valence electrons. The number of rotatable bonds is 6. The lowest BCUT2D eigenvalue weighted by molar-refractivity contribution is -0.383. The number of nitrogens with zero attached hydrogens (tertiary/aromatic N) is 2. The quantitative estimate of drug-likeness (QED) is 0.567. The first-order valence-corrected chi connectivity index (χ1v) is 8.76. The molecule has 29 heavy (non-hydrogen) atoms. The molecule has 10 heteroatoms. The standard InChI is InChI=1S/C19H20N4O6/c1-28-16-8-7-13(10-17(16)29-2)22-11-12(9-18(22)24)20-19(25)21-14-5-3-4-6-15(14)23(26)27/h3-8,10,12H,9,11H2,1-2H3,(H2,20,21,25). The number of ether oxygens (including phenoxy) is 2. The fourth-order valence-corrected chi connectivity index (χ4v) is 3.13. The van der Waals surface area contributed by atoms with E-state index in [0.717, 1.165) is 0 Å². The first-order valence-electron chi connectivity index (χ1n) is 8.76. The minimum atomic E-state index is -0.619. The van der Waals surface area contributed by atoms with Crippen molar-refractivity contribution in [2.75, 3.05) is 31.0 Å². The van der Waals surface area contributed by atoms with Crippen LogP contribution in [0.25, 0.3) is 0 Å². The molecule has 2 aromatic rings. The number of carbonyl (C=O) groups excluding carboxylic acids is 2. The molecule has 1 aliphatic rings. The Bertz CT molecular complexity index is 948. The molecule has 1 atom stereocenters. The van der Waals surface area contributed by atoms with Crippen molar-refractivity contribution in [2.24, 2.45) is 0 Å². The molecule has 0 bridgehead atoms. The lowest BCUT2D eigenvalue weighted by atomic mass is 10.2. The van der Waals surface area contributed by atoms with Gasteiger partial charge in [0.05, 0.1) is 25.2 Å². The summed E-state index contributed by atoms with van der Waals surface area (Å²) in [6.07, 6.45) is 0.110. The molecule has 1 fully saturated rings. The smallest absolute Gasteiger partial charge is 0.319 e. The number of amides is 3. The number of nitrogens with one attached hydrogen (secondary N) is 2. The number of methoxy groups -OCH3 is 2. The number of nitro groups is 1. The van der Waals surface area contributed by atoms with Gasteiger partial charge in [-0.1, -0.05) is 12.1 Å². The van der Waals surface area contributed by atoms with E-state index < -0.39 is 17.0 Å². The molecule has 0 saturated carbocycles. The molecule has 0 aliphatic carbocycles. The third-order valence-corrected chi connectivity index (χ3v) is 4.49. The molecule has 10 nitrogen and oxygen atoms in total. The minimum absolute atomic E-state index is 0.0797. The van der Waals surface area contributed by atoms with Crippen LogP contribution in [0.4, 0.5) is 21.9 Å². The van der Waals surface area contributed by atoms with Crippen LogP contribution in [-0.4, -0.2) is 43.7 Å². The summed E-state index contributed by atoms with van der Waals surface area (Å²) in [6.45, 7) is 0.263. The van der Waals surface area contributed by atoms with Gasteiger partial charge in [-0.15, -0.1) is 0 Å². The molecular formula is C19H20N4O6. The third-order valence-electron chi connectivity index (χ3n) is 4.49. The maximum atomic E-state index is 12.4. The Balaban J connectivity index is 1.67. The van der Waals surface area contributed by atoms with Crippen molar-refractivity contribution in [3.8, 4) is 11.5 Å². The predicted octanol–water partition coefficient (Wildman–Crippen LogP) is 2.54. The molecule has 1 heterocycles. The average molecular weight is 400 g/mol. The molecule has 1 saturated heterocycles. The summed E-state index contributed by atoms with van der Waals surface area (Å²) >= 11 is 0. The summed E-state index contributed by atoms with van der Waals surface area (Å²) in [6, 6.07) is 9.88. The Morgan fingerprint density at radius 3 is 2.59 bits per heavy atom. The van der Waals surface area contributed by atoms with E-state index >= 15 is 0 Å². The van der Waals surface area contributed by atoms with Crippen LogP contribution in [0.5, 0.6) is 11.5 Å². The molecule has 2 N–H and O–H groups in total. The Kier molecular flexibility index (Phi) is 5.82. The van der Waals surface area contributed by atoms with Crippen molar-refractivity contribution in [1.82, 2.24) is 5.32 Å². The van der Waals surface area contributed by atoms with Gasteiger partial charge in [-0.2, -0.15) is 0 Å². The van der Waals surface area contributed by atoms with Gasteiger partial charge in [0.15, 0.2) is 11.5 Å². The molecule has 0 spiro atoms. The SMILES string of the molecule is COc1ccc(N2CC(NC(=O)Nc3ccccc3[N+](=O)[O-])CC2=O)cc1OC. The van der Waals surface area contributed by atoms with Gasteiger partial charge in [-0.05, 0) is 18.2 Å². The number of para-hydroxylation sites is 2. The van der Waals surface area contributed by atoms with E-state index in [1.165, 1.54) is 37.3 Å². The number of benzene rings is 2. The van der Waals surface area contributed by atoms with Gasteiger partial charge >= 0.3 is 6.03 Å². The number of hydrogen-bond acceptors (Lipinski definition) is 6. The Morgan fingerprint density at radius 2 is 1.90 bits per heavy atom. The van der Waals surface area contributed by atoms with E-state index in [2.05, 4.69) is 10.6 Å². The van der Waals surface area contributed by atoms with Crippen LogP contribution in [0.3, 0.4) is 0 Å². The van der Waals surface area contributed by atoms with E-state index in [1.807, 2.05) is 0 Å². The number of anilines is 2. The predicted molar refractivity (Wildman–Crippen MR) is 106 cm³/mol. The van der Waals surface area contributed by atoms with Crippen molar-refractivity contribution in [3.63, 3.8) is 0 Å². The lowest BCUT2D eigenvalue weighted by Gasteiger charge is -2.19. The van der Waals surface area contributed by atoms with E-state index in [9.17, 15) is 19.7 Å². The van der Waals surface area contributed by atoms with Gasteiger partial charge in [-0.25, -0.2) is 4.79 Å². The van der Waals surface area contributed by atoms with Crippen LogP contribution in [0.15, 0.2) is 42.5 Å². The molecule has 0 radical (unpaired) electrons.